The average Bonchev–Trinajstić information content (AvgIpc) is 3.05. The van der Waals surface area contributed by atoms with Gasteiger partial charge in [0, 0.05) is 24.2 Å². The van der Waals surface area contributed by atoms with Gasteiger partial charge in [-0.3, -0.25) is 19.7 Å². The van der Waals surface area contributed by atoms with Crippen LogP contribution in [0.4, 0.5) is 10.1 Å². The third-order valence-electron chi connectivity index (χ3n) is 5.25. The van der Waals surface area contributed by atoms with Gasteiger partial charge in [0.15, 0.2) is 0 Å². The molecule has 1 aliphatic rings. The van der Waals surface area contributed by atoms with Gasteiger partial charge in [-0.1, -0.05) is 42.5 Å². The molecule has 0 aliphatic carbocycles. The van der Waals surface area contributed by atoms with E-state index in [1.54, 1.807) is 30.3 Å². The number of hydrogen-bond acceptors (Lipinski definition) is 5. The summed E-state index contributed by atoms with van der Waals surface area (Å²) < 4.78 is 13.3. The summed E-state index contributed by atoms with van der Waals surface area (Å²) in [6.07, 6.45) is 0. The number of aliphatic hydroxyl groups is 1. The highest BCUT2D eigenvalue weighted by Crippen LogP contribution is 2.41. The van der Waals surface area contributed by atoms with Crippen molar-refractivity contribution in [1.29, 1.82) is 0 Å². The minimum atomic E-state index is -1.06. The lowest BCUT2D eigenvalue weighted by atomic mass is 9.95. The maximum absolute atomic E-state index is 13.3. The summed E-state index contributed by atoms with van der Waals surface area (Å²) in [7, 11) is 0. The average molecular weight is 432 g/mol. The first-order valence-electron chi connectivity index (χ1n) is 9.69. The first-order chi connectivity index (χ1) is 15.4. The molecule has 0 radical (unpaired) electrons. The van der Waals surface area contributed by atoms with Crippen LogP contribution in [0, 0.1) is 15.9 Å². The Labute approximate surface area is 182 Å². The molecule has 8 heteroatoms. The molecule has 0 saturated carbocycles. The Kier molecular flexibility index (Phi) is 5.51. The van der Waals surface area contributed by atoms with E-state index in [4.69, 9.17) is 0 Å². The van der Waals surface area contributed by atoms with Gasteiger partial charge < -0.3 is 10.0 Å². The first-order valence-corrected chi connectivity index (χ1v) is 9.69. The van der Waals surface area contributed by atoms with E-state index in [2.05, 4.69) is 0 Å². The number of nitro groups is 1. The zero-order valence-corrected chi connectivity index (χ0v) is 16.6. The molecule has 0 bridgehead atoms. The van der Waals surface area contributed by atoms with Crippen LogP contribution in [-0.4, -0.2) is 26.6 Å². The van der Waals surface area contributed by atoms with E-state index in [0.717, 1.165) is 17.7 Å². The Morgan fingerprint density at radius 1 is 1.00 bits per heavy atom. The molecule has 1 N–H and O–H groups in total. The Morgan fingerprint density at radius 2 is 1.69 bits per heavy atom. The largest absolute Gasteiger partial charge is 0.507 e. The van der Waals surface area contributed by atoms with E-state index in [1.807, 2.05) is 6.07 Å². The Hall–Kier alpha value is -4.33. The fourth-order valence-corrected chi connectivity index (χ4v) is 3.74. The van der Waals surface area contributed by atoms with Crippen molar-refractivity contribution < 1.29 is 24.0 Å². The Morgan fingerprint density at radius 3 is 2.34 bits per heavy atom. The molecule has 7 nitrogen and oxygen atoms in total. The van der Waals surface area contributed by atoms with E-state index >= 15 is 0 Å². The third kappa shape index (κ3) is 3.85. The van der Waals surface area contributed by atoms with E-state index in [1.165, 1.54) is 35.2 Å². The molecule has 4 rings (SSSR count). The van der Waals surface area contributed by atoms with Crippen molar-refractivity contribution in [3.05, 3.63) is 117 Å². The van der Waals surface area contributed by atoms with Gasteiger partial charge in [-0.2, -0.15) is 0 Å². The quantitative estimate of drug-likeness (QED) is 0.212. The smallest absolute Gasteiger partial charge is 0.295 e. The van der Waals surface area contributed by atoms with Crippen molar-refractivity contribution in [3.63, 3.8) is 0 Å². The van der Waals surface area contributed by atoms with Crippen molar-refractivity contribution in [2.75, 3.05) is 0 Å². The second-order valence-electron chi connectivity index (χ2n) is 7.27. The monoisotopic (exact) mass is 432 g/mol. The van der Waals surface area contributed by atoms with Crippen molar-refractivity contribution >= 4 is 23.1 Å². The predicted octanol–water partition coefficient (Wildman–Crippen LogP) is 4.36. The summed E-state index contributed by atoms with van der Waals surface area (Å²) in [6.45, 7) is 0.0545. The number of likely N-dealkylation sites (tertiary alicyclic amines) is 1. The predicted molar refractivity (Wildman–Crippen MR) is 114 cm³/mol. The number of Topliss-reactive ketones (excluding diaryl/α,β-unsaturated/α-hetero) is 1. The molecule has 1 fully saturated rings. The van der Waals surface area contributed by atoms with E-state index in [9.17, 15) is 29.2 Å². The van der Waals surface area contributed by atoms with Crippen LogP contribution >= 0.6 is 0 Å². The van der Waals surface area contributed by atoms with Gasteiger partial charge >= 0.3 is 0 Å². The van der Waals surface area contributed by atoms with Gasteiger partial charge in [0.1, 0.15) is 11.6 Å². The SMILES string of the molecule is O=C1C(=O)N(Cc2ccccc2)C(c2cccc([N+](=O)[O-])c2)C1=C(O)c1ccc(F)cc1. The molecule has 32 heavy (non-hydrogen) atoms. The minimum Gasteiger partial charge on any atom is -0.507 e. The van der Waals surface area contributed by atoms with Crippen molar-refractivity contribution in [1.82, 2.24) is 4.90 Å². The van der Waals surface area contributed by atoms with Crippen LogP contribution in [-0.2, 0) is 16.1 Å². The number of carbonyl (C=O) groups excluding carboxylic acids is 2. The molecule has 1 heterocycles. The molecule has 160 valence electrons. The van der Waals surface area contributed by atoms with Gasteiger partial charge in [0.2, 0.25) is 0 Å². The van der Waals surface area contributed by atoms with Crippen LogP contribution in [0.3, 0.4) is 0 Å². The summed E-state index contributed by atoms with van der Waals surface area (Å²) in [5, 5.41) is 22.2. The zero-order valence-electron chi connectivity index (χ0n) is 16.6. The van der Waals surface area contributed by atoms with Crippen LogP contribution in [0.2, 0.25) is 0 Å². The molecule has 0 spiro atoms. The van der Waals surface area contributed by atoms with Crippen molar-refractivity contribution in [3.8, 4) is 0 Å². The van der Waals surface area contributed by atoms with E-state index < -0.39 is 34.2 Å². The molecular weight excluding hydrogens is 415 g/mol. The molecular formula is C24H17FN2O5. The zero-order chi connectivity index (χ0) is 22.8. The van der Waals surface area contributed by atoms with Crippen molar-refractivity contribution in [2.24, 2.45) is 0 Å². The standard InChI is InChI=1S/C24H17FN2O5/c25-18-11-9-16(10-12-18)22(28)20-21(17-7-4-8-19(13-17)27(31)32)26(24(30)23(20)29)14-15-5-2-1-3-6-15/h1-13,21,28H,14H2. The second-order valence-corrected chi connectivity index (χ2v) is 7.27. The summed E-state index contributed by atoms with van der Waals surface area (Å²) in [5.74, 6) is -2.76. The number of non-ortho nitro benzene ring substituents is 1. The molecule has 1 atom stereocenters. The van der Waals surface area contributed by atoms with Crippen LogP contribution < -0.4 is 0 Å². The highest BCUT2D eigenvalue weighted by atomic mass is 19.1. The lowest BCUT2D eigenvalue weighted by molar-refractivity contribution is -0.384. The van der Waals surface area contributed by atoms with Gasteiger partial charge in [-0.05, 0) is 35.4 Å². The molecule has 3 aromatic rings. The number of nitro benzene ring substituents is 1. The fraction of sp³-hybridized carbons (Fsp3) is 0.0833. The minimum absolute atomic E-state index is 0.0545. The van der Waals surface area contributed by atoms with Gasteiger partial charge in [-0.25, -0.2) is 4.39 Å². The topological polar surface area (TPSA) is 101 Å². The number of rotatable bonds is 5. The molecule has 0 aromatic heterocycles. The third-order valence-corrected chi connectivity index (χ3v) is 5.25. The number of benzene rings is 3. The van der Waals surface area contributed by atoms with Gasteiger partial charge in [0.05, 0.1) is 16.5 Å². The Bertz CT molecular complexity index is 1240. The van der Waals surface area contributed by atoms with Crippen molar-refractivity contribution in [2.45, 2.75) is 12.6 Å². The highest BCUT2D eigenvalue weighted by Gasteiger charge is 2.46. The molecule has 1 amide bonds. The number of carbonyl (C=O) groups is 2. The van der Waals surface area contributed by atoms with Crippen LogP contribution in [0.1, 0.15) is 22.7 Å². The lowest BCUT2D eigenvalue weighted by Gasteiger charge is -2.25. The maximum atomic E-state index is 13.3. The van der Waals surface area contributed by atoms with Gasteiger partial charge in [-0.15, -0.1) is 0 Å². The van der Waals surface area contributed by atoms with Crippen LogP contribution in [0.25, 0.3) is 5.76 Å². The maximum Gasteiger partial charge on any atom is 0.295 e. The first kappa shape index (κ1) is 20.9. The molecule has 1 unspecified atom stereocenters. The second kappa shape index (κ2) is 8.43. The lowest BCUT2D eigenvalue weighted by Crippen LogP contribution is -2.29. The summed E-state index contributed by atoms with van der Waals surface area (Å²) >= 11 is 0. The fourth-order valence-electron chi connectivity index (χ4n) is 3.74. The number of amides is 1. The van der Waals surface area contributed by atoms with Gasteiger partial charge in [0.25, 0.3) is 17.4 Å². The summed E-state index contributed by atoms with van der Waals surface area (Å²) in [6, 6.07) is 18.3. The summed E-state index contributed by atoms with van der Waals surface area (Å²) in [5.41, 5.74) is 0.775. The number of ketones is 1. The molecule has 1 saturated heterocycles. The highest BCUT2D eigenvalue weighted by molar-refractivity contribution is 6.46. The molecule has 1 aliphatic heterocycles. The molecule has 3 aromatic carbocycles. The normalized spacial score (nSPS) is 17.5. The van der Waals surface area contributed by atoms with E-state index in [0.29, 0.717) is 5.56 Å². The number of nitrogens with zero attached hydrogens (tertiary/aromatic N) is 2. The summed E-state index contributed by atoms with van der Waals surface area (Å²) in [4.78, 5) is 37.9. The number of hydrogen-bond donors (Lipinski definition) is 1. The number of aliphatic hydroxyl groups excluding tert-OH is 1. The Balaban J connectivity index is 1.89. The number of halogens is 1. The van der Waals surface area contributed by atoms with Crippen LogP contribution in [0.5, 0.6) is 0 Å². The van der Waals surface area contributed by atoms with E-state index in [-0.39, 0.29) is 23.4 Å². The van der Waals surface area contributed by atoms with Crippen LogP contribution in [0.15, 0.2) is 84.4 Å².